The van der Waals surface area contributed by atoms with Gasteiger partial charge in [-0.25, -0.2) is 4.98 Å². The Morgan fingerprint density at radius 1 is 0.830 bits per heavy atom. The van der Waals surface area contributed by atoms with Crippen LogP contribution in [0.3, 0.4) is 0 Å². The molecule has 9 heteroatoms. The lowest BCUT2D eigenvalue weighted by atomic mass is 10.0. The van der Waals surface area contributed by atoms with E-state index in [9.17, 15) is 4.79 Å². The van der Waals surface area contributed by atoms with Crippen molar-refractivity contribution in [1.82, 2.24) is 14.8 Å². The number of rotatable bonds is 15. The van der Waals surface area contributed by atoms with Crippen LogP contribution < -0.4 is 18.9 Å². The van der Waals surface area contributed by atoms with Crippen molar-refractivity contribution in [3.8, 4) is 28.9 Å². The van der Waals surface area contributed by atoms with Crippen LogP contribution in [-0.4, -0.2) is 60.6 Å². The first kappa shape index (κ1) is 37.4. The molecule has 1 aromatic heterocycles. The van der Waals surface area contributed by atoms with Crippen LogP contribution in [0, 0.1) is 0 Å². The highest BCUT2D eigenvalue weighted by Gasteiger charge is 2.20. The number of nitrogens with zero attached hydrogens (tertiary/aromatic N) is 3. The van der Waals surface area contributed by atoms with E-state index in [1.165, 1.54) is 16.7 Å². The van der Waals surface area contributed by atoms with Gasteiger partial charge in [-0.2, -0.15) is 0 Å². The molecule has 0 saturated carbocycles. The number of pyridine rings is 1. The van der Waals surface area contributed by atoms with E-state index in [0.29, 0.717) is 60.4 Å². The Kier molecular flexibility index (Phi) is 13.0. The second-order valence-electron chi connectivity index (χ2n) is 13.3. The lowest BCUT2D eigenvalue weighted by Gasteiger charge is -2.34. The topological polar surface area (TPSA) is 73.4 Å². The van der Waals surface area contributed by atoms with E-state index < -0.39 is 0 Å². The van der Waals surface area contributed by atoms with Gasteiger partial charge in [-0.15, -0.1) is 0 Å². The molecule has 1 aliphatic heterocycles. The average Bonchev–Trinajstić information content (AvgIpc) is 3.18. The van der Waals surface area contributed by atoms with Gasteiger partial charge in [0, 0.05) is 61.9 Å². The number of ether oxygens (including phenoxy) is 4. The van der Waals surface area contributed by atoms with Gasteiger partial charge in [0.15, 0.2) is 11.5 Å². The molecular weight excluding hydrogens is 686 g/mol. The number of methoxy groups -OCH3 is 1. The summed E-state index contributed by atoms with van der Waals surface area (Å²) in [5, 5.41) is 0.657. The molecule has 0 N–H and O–H groups in total. The predicted octanol–water partition coefficient (Wildman–Crippen LogP) is 9.22. The molecule has 1 aliphatic rings. The largest absolute Gasteiger partial charge is 0.493 e. The molecule has 5 aromatic rings. The normalized spacial score (nSPS) is 13.3. The zero-order valence-corrected chi connectivity index (χ0v) is 31.3. The monoisotopic (exact) mass is 731 g/mol. The van der Waals surface area contributed by atoms with Crippen molar-refractivity contribution in [2.45, 2.75) is 39.3 Å². The number of aromatic nitrogens is 1. The third-order valence-corrected chi connectivity index (χ3v) is 9.57. The molecule has 0 aliphatic carbocycles. The summed E-state index contributed by atoms with van der Waals surface area (Å²) < 4.78 is 23.3. The van der Waals surface area contributed by atoms with Crippen LogP contribution in [0.1, 0.15) is 47.6 Å². The first-order valence-electron chi connectivity index (χ1n) is 18.0. The molecule has 0 atom stereocenters. The smallest absolute Gasteiger partial charge is 0.246 e. The molecule has 1 amide bonds. The summed E-state index contributed by atoms with van der Waals surface area (Å²) in [4.78, 5) is 21.7. The molecule has 0 radical (unpaired) electrons. The standard InChI is InChI=1S/C44H46ClN3O5/c1-32(2)36-14-16-38(17-15-36)51-27-22-33-8-10-35(11-9-33)30-47-23-25-48(26-24-47)44(49)21-13-34-12-19-41(42(28-34)50-3)53-43-20-18-39(29-46-43)52-31-37-6-4-5-7-40(37)45/h4-21,28-29,32H,22-27,30-31H2,1-3H3/b21-13+. The van der Waals surface area contributed by atoms with Crippen molar-refractivity contribution in [2.24, 2.45) is 0 Å². The van der Waals surface area contributed by atoms with Crippen molar-refractivity contribution in [3.05, 3.63) is 148 Å². The van der Waals surface area contributed by atoms with Gasteiger partial charge >= 0.3 is 0 Å². The minimum atomic E-state index is -0.00701. The van der Waals surface area contributed by atoms with Gasteiger partial charge in [-0.3, -0.25) is 9.69 Å². The highest BCUT2D eigenvalue weighted by Crippen LogP contribution is 2.32. The van der Waals surface area contributed by atoms with Crippen molar-refractivity contribution >= 4 is 23.6 Å². The van der Waals surface area contributed by atoms with Crippen molar-refractivity contribution in [2.75, 3.05) is 39.9 Å². The first-order chi connectivity index (χ1) is 25.8. The minimum absolute atomic E-state index is 0.00701. The molecule has 4 aromatic carbocycles. The molecule has 0 bridgehead atoms. The third kappa shape index (κ3) is 10.9. The van der Waals surface area contributed by atoms with Crippen molar-refractivity contribution in [1.29, 1.82) is 0 Å². The number of amides is 1. The van der Waals surface area contributed by atoms with Gasteiger partial charge in [0.05, 0.1) is 19.9 Å². The summed E-state index contributed by atoms with van der Waals surface area (Å²) in [6.45, 7) is 9.26. The number of benzene rings is 4. The lowest BCUT2D eigenvalue weighted by molar-refractivity contribution is -0.127. The Balaban J connectivity index is 0.921. The fraction of sp³-hybridized carbons (Fsp3) is 0.273. The van der Waals surface area contributed by atoms with E-state index >= 15 is 0 Å². The van der Waals surface area contributed by atoms with Crippen molar-refractivity contribution < 1.29 is 23.7 Å². The molecule has 1 fully saturated rings. The maximum atomic E-state index is 13.1. The number of carbonyl (C=O) groups is 1. The predicted molar refractivity (Wildman–Crippen MR) is 210 cm³/mol. The molecule has 53 heavy (non-hydrogen) atoms. The van der Waals surface area contributed by atoms with Crippen LogP contribution in [-0.2, 0) is 24.4 Å². The minimum Gasteiger partial charge on any atom is -0.493 e. The summed E-state index contributed by atoms with van der Waals surface area (Å²) in [6, 6.07) is 33.7. The molecule has 1 saturated heterocycles. The lowest BCUT2D eigenvalue weighted by Crippen LogP contribution is -2.47. The van der Waals surface area contributed by atoms with Gasteiger partial charge in [-0.1, -0.05) is 86.1 Å². The van der Waals surface area contributed by atoms with Gasteiger partial charge in [0.1, 0.15) is 18.1 Å². The van der Waals surface area contributed by atoms with Gasteiger partial charge in [0.2, 0.25) is 11.8 Å². The molecule has 0 unspecified atom stereocenters. The van der Waals surface area contributed by atoms with Gasteiger partial charge < -0.3 is 23.8 Å². The molecule has 2 heterocycles. The van der Waals surface area contributed by atoms with Crippen molar-refractivity contribution in [3.63, 3.8) is 0 Å². The summed E-state index contributed by atoms with van der Waals surface area (Å²) in [7, 11) is 1.58. The zero-order chi connectivity index (χ0) is 37.0. The van der Waals surface area contributed by atoms with E-state index in [1.807, 2.05) is 41.3 Å². The number of halogens is 1. The summed E-state index contributed by atoms with van der Waals surface area (Å²) >= 11 is 6.22. The molecule has 0 spiro atoms. The number of piperazine rings is 1. The van der Waals surface area contributed by atoms with Crippen LogP contribution in [0.5, 0.6) is 28.9 Å². The SMILES string of the molecule is COc1cc(/C=C/C(=O)N2CCN(Cc3ccc(CCOc4ccc(C(C)C)cc4)cc3)CC2)ccc1Oc1ccc(OCc2ccccc2Cl)cn1. The van der Waals surface area contributed by atoms with E-state index in [0.717, 1.165) is 42.9 Å². The highest BCUT2D eigenvalue weighted by molar-refractivity contribution is 6.31. The highest BCUT2D eigenvalue weighted by atomic mass is 35.5. The first-order valence-corrected chi connectivity index (χ1v) is 18.4. The Morgan fingerprint density at radius 2 is 1.57 bits per heavy atom. The van der Waals surface area contributed by atoms with E-state index in [1.54, 1.807) is 43.7 Å². The van der Waals surface area contributed by atoms with Gasteiger partial charge in [0.25, 0.3) is 0 Å². The van der Waals surface area contributed by atoms with Crippen LogP contribution in [0.2, 0.25) is 5.02 Å². The van der Waals surface area contributed by atoms with Crippen LogP contribution in [0.15, 0.2) is 115 Å². The summed E-state index contributed by atoms with van der Waals surface area (Å²) in [5.74, 6) is 3.46. The van der Waals surface area contributed by atoms with Crippen LogP contribution in [0.25, 0.3) is 6.08 Å². The molecule has 274 valence electrons. The molecule has 6 rings (SSSR count). The second kappa shape index (κ2) is 18.4. The van der Waals surface area contributed by atoms with E-state index in [4.69, 9.17) is 30.5 Å². The fourth-order valence-corrected chi connectivity index (χ4v) is 6.17. The third-order valence-electron chi connectivity index (χ3n) is 9.20. The van der Waals surface area contributed by atoms with Gasteiger partial charge in [-0.05, 0) is 70.6 Å². The zero-order valence-electron chi connectivity index (χ0n) is 30.5. The summed E-state index contributed by atoms with van der Waals surface area (Å²) in [5.41, 5.74) is 5.57. The number of carbonyl (C=O) groups excluding carboxylic acids is 1. The Bertz CT molecular complexity index is 1960. The Hall–Kier alpha value is -5.31. The average molecular weight is 732 g/mol. The second-order valence-corrected chi connectivity index (χ2v) is 13.7. The molecule has 8 nitrogen and oxygen atoms in total. The Labute approximate surface area is 317 Å². The fourth-order valence-electron chi connectivity index (χ4n) is 5.98. The Morgan fingerprint density at radius 3 is 2.26 bits per heavy atom. The maximum Gasteiger partial charge on any atom is 0.246 e. The number of hydrogen-bond donors (Lipinski definition) is 0. The van der Waals surface area contributed by atoms with E-state index in [-0.39, 0.29) is 5.91 Å². The quantitative estimate of drug-likeness (QED) is 0.0995. The summed E-state index contributed by atoms with van der Waals surface area (Å²) in [6.07, 6.45) is 5.89. The van der Waals surface area contributed by atoms with E-state index in [2.05, 4.69) is 72.3 Å². The van der Waals surface area contributed by atoms with Crippen LogP contribution >= 0.6 is 11.6 Å². The maximum absolute atomic E-state index is 13.1. The number of hydrogen-bond acceptors (Lipinski definition) is 7. The molecular formula is C44H46ClN3O5. The van der Waals surface area contributed by atoms with Crippen LogP contribution in [0.4, 0.5) is 0 Å².